The largest absolute Gasteiger partial charge is 0.504 e. The maximum Gasteiger partial charge on any atom is 0.446 e. The molecule has 3 aliphatic rings. The van der Waals surface area contributed by atoms with Gasteiger partial charge in [0.15, 0.2) is 11.5 Å². The van der Waals surface area contributed by atoms with Gasteiger partial charge in [0, 0.05) is 75.2 Å². The number of hydrogen-bond donors (Lipinski definition) is 14. The molecule has 0 saturated carbocycles. The Morgan fingerprint density at radius 3 is 1.98 bits per heavy atom. The summed E-state index contributed by atoms with van der Waals surface area (Å²) >= 11 is 1.28. The van der Waals surface area contributed by atoms with Gasteiger partial charge >= 0.3 is 10.4 Å². The van der Waals surface area contributed by atoms with Crippen molar-refractivity contribution in [1.82, 2.24) is 46.6 Å². The van der Waals surface area contributed by atoms with Gasteiger partial charge in [0.25, 0.3) is 5.91 Å². The van der Waals surface area contributed by atoms with E-state index in [1.807, 2.05) is 24.3 Å². The molecule has 4 heterocycles. The highest BCUT2D eigenvalue weighted by molar-refractivity contribution is 7.81. The van der Waals surface area contributed by atoms with Crippen LogP contribution in [0.25, 0.3) is 21.1 Å². The number of aromatic nitrogens is 2. The summed E-state index contributed by atoms with van der Waals surface area (Å²) in [4.78, 5) is 115. The molecule has 13 unspecified atom stereocenters. The molecule has 3 aliphatic heterocycles. The van der Waals surface area contributed by atoms with Gasteiger partial charge in [-0.15, -0.1) is 10.2 Å². The van der Waals surface area contributed by atoms with Gasteiger partial charge in [-0.3, -0.25) is 42.9 Å². The van der Waals surface area contributed by atoms with Crippen LogP contribution in [0.4, 0.5) is 0 Å². The number of nitrogens with zero attached hydrogens (tertiary/aromatic N) is 4. The number of unbranched alkanes of at least 4 members (excludes halogenated alkanes) is 4. The second-order valence-electron chi connectivity index (χ2n) is 22.6. The number of fused-ring (bicyclic) bond motifs is 2. The summed E-state index contributed by atoms with van der Waals surface area (Å²) in [5, 5.41) is 99.9. The number of nitrogens with two attached hydrogens (primary N) is 1. The number of aliphatic hydroxyl groups is 6. The Bertz CT molecular complexity index is 3340. The molecule has 15 N–H and O–H groups in total. The Labute approximate surface area is 526 Å². The number of ether oxygens (including phenoxy) is 2. The molecular weight excluding hydrogens is 1240 g/mol. The number of methoxy groups -OCH3 is 1. The van der Waals surface area contributed by atoms with Crippen LogP contribution in [0, 0.1) is 5.92 Å². The summed E-state index contributed by atoms with van der Waals surface area (Å²) in [7, 11) is -3.55. The molecule has 91 heavy (non-hydrogen) atoms. The minimum absolute atomic E-state index is 0.0140. The fraction of sp³-hybridized carbons (Fsp3) is 0.517. The third kappa shape index (κ3) is 19.0. The lowest BCUT2D eigenvalue weighted by Gasteiger charge is -2.33. The lowest BCUT2D eigenvalue weighted by molar-refractivity contribution is -0.147. The first kappa shape index (κ1) is 70.5. The fourth-order valence-corrected chi connectivity index (χ4v) is 11.9. The summed E-state index contributed by atoms with van der Waals surface area (Å²) in [6.45, 7) is 2.04. The highest BCUT2D eigenvalue weighted by atomic mass is 32.3. The highest BCUT2D eigenvalue weighted by Crippen LogP contribution is 2.33. The summed E-state index contributed by atoms with van der Waals surface area (Å²) in [5.74, 6) is -11.6. The average Bonchev–Trinajstić information content (AvgIpc) is 1.73. The van der Waals surface area contributed by atoms with Crippen molar-refractivity contribution in [2.24, 2.45) is 11.7 Å². The quantitative estimate of drug-likeness (QED) is 0.0287. The minimum atomic E-state index is -5.24. The lowest BCUT2D eigenvalue weighted by Crippen LogP contribution is -2.64. The van der Waals surface area contributed by atoms with Crippen molar-refractivity contribution in [3.63, 3.8) is 0 Å². The van der Waals surface area contributed by atoms with Crippen LogP contribution in [0.2, 0.25) is 0 Å². The zero-order chi connectivity index (χ0) is 66.4. The zero-order valence-electron chi connectivity index (χ0n) is 49.8. The molecule has 3 aromatic carbocycles. The Morgan fingerprint density at radius 2 is 1.35 bits per heavy atom. The predicted octanol–water partition coefficient (Wildman–Crippen LogP) is -2.44. The first-order valence-corrected chi connectivity index (χ1v) is 31.4. The number of hydrogen-bond acceptors (Lipinski definition) is 23. The number of aliphatic hydroxyl groups excluding tert-OH is 6. The first-order valence-electron chi connectivity index (χ1n) is 29.2. The molecule has 31 nitrogen and oxygen atoms in total. The van der Waals surface area contributed by atoms with Crippen LogP contribution in [0.3, 0.4) is 0 Å². The number of carbonyl (C=O) groups is 8. The Balaban J connectivity index is 1.16. The number of primary amides is 1. The third-order valence-electron chi connectivity index (χ3n) is 15.5. The number of phenolic OH excluding ortho intramolecular Hbond substituents is 1. The van der Waals surface area contributed by atoms with Crippen LogP contribution in [-0.4, -0.2) is 229 Å². The second-order valence-corrected chi connectivity index (χ2v) is 24.6. The number of carbonyl (C=O) groups excluding carboxylic acids is 8. The van der Waals surface area contributed by atoms with E-state index < -0.39 is 193 Å². The van der Waals surface area contributed by atoms with Crippen LogP contribution >= 0.6 is 11.3 Å². The van der Waals surface area contributed by atoms with Gasteiger partial charge in [0.05, 0.1) is 49.7 Å². The van der Waals surface area contributed by atoms with E-state index in [1.54, 1.807) is 19.2 Å². The molecular formula is C58H76N10O21S2. The van der Waals surface area contributed by atoms with Gasteiger partial charge in [0.2, 0.25) is 41.4 Å². The number of benzene rings is 3. The number of nitrogens with one attached hydrogen (secondary N) is 5. The van der Waals surface area contributed by atoms with Crippen LogP contribution in [0.5, 0.6) is 17.2 Å². The normalized spacial score (nSPS) is 24.9. The van der Waals surface area contributed by atoms with Crippen molar-refractivity contribution in [2.45, 2.75) is 145 Å². The topological polar surface area (TPSA) is 479 Å². The molecule has 33 heteroatoms. The summed E-state index contributed by atoms with van der Waals surface area (Å²) < 4.78 is 47.8. The van der Waals surface area contributed by atoms with E-state index in [0.717, 1.165) is 79.2 Å². The van der Waals surface area contributed by atoms with E-state index in [4.69, 9.17) is 15.2 Å². The predicted molar refractivity (Wildman–Crippen MR) is 320 cm³/mol. The number of phenols is 1. The van der Waals surface area contributed by atoms with Crippen molar-refractivity contribution in [1.29, 1.82) is 0 Å². The smallest absolute Gasteiger partial charge is 0.446 e. The van der Waals surface area contributed by atoms with Crippen LogP contribution < -0.4 is 41.2 Å². The fourth-order valence-electron chi connectivity index (χ4n) is 10.7. The van der Waals surface area contributed by atoms with Gasteiger partial charge < -0.3 is 91.5 Å². The second kappa shape index (κ2) is 31.8. The van der Waals surface area contributed by atoms with Gasteiger partial charge in [-0.05, 0) is 73.9 Å². The van der Waals surface area contributed by atoms with Gasteiger partial charge in [-0.25, -0.2) is 0 Å². The highest BCUT2D eigenvalue weighted by Gasteiger charge is 2.50. The molecule has 0 spiro atoms. The van der Waals surface area contributed by atoms with Crippen molar-refractivity contribution in [3.8, 4) is 38.4 Å². The molecule has 8 amide bonds. The van der Waals surface area contributed by atoms with Gasteiger partial charge in [0.1, 0.15) is 52.0 Å². The van der Waals surface area contributed by atoms with Crippen molar-refractivity contribution in [3.05, 3.63) is 77.9 Å². The molecule has 4 aromatic rings. The van der Waals surface area contributed by atoms with Crippen LogP contribution in [0.15, 0.2) is 66.7 Å². The van der Waals surface area contributed by atoms with Crippen molar-refractivity contribution >= 4 is 69.0 Å². The molecule has 496 valence electrons. The lowest BCUT2D eigenvalue weighted by atomic mass is 9.98. The van der Waals surface area contributed by atoms with Crippen molar-refractivity contribution < 1.29 is 101 Å². The molecule has 0 aliphatic carbocycles. The van der Waals surface area contributed by atoms with Crippen molar-refractivity contribution in [2.75, 3.05) is 40.0 Å². The van der Waals surface area contributed by atoms with E-state index >= 15 is 0 Å². The Morgan fingerprint density at radius 1 is 0.747 bits per heavy atom. The standard InChI is InChI=1S/C58H76N10O21S2/c1-29-27-68-48(49(29)76)54(81)60-26-35(70)23-38(61-50(77)32-10-12-33(13-11-32)55-65-66-56(90-55)34-14-16-37(17-15-34)88-20-8-6-4-5-7-19-87-3)51(78)62-45(30(2)69)57(82)67-28-36(71)24-39(67)52(79)63-46(53(80)64-47(58(68)83)42(74)25-44(59)75)41(73)21-31-9-18-40(72)43(22-31)89-91(84,85)86/h9-18,22,29-30,35-36,38-39,41-42,45-49,69-74,76H,4-8,19-21,23-28H2,1-3H3,(H2,59,75)(H,60,81)(H,61,77)(H,62,78)(H,63,79)(H,64,80)(H,84,85,86). The summed E-state index contributed by atoms with van der Waals surface area (Å²) in [6, 6.07) is 4.23. The van der Waals surface area contributed by atoms with E-state index in [1.165, 1.54) is 30.4 Å². The number of rotatable bonds is 22. The minimum Gasteiger partial charge on any atom is -0.504 e. The van der Waals surface area contributed by atoms with Gasteiger partial charge in [-0.2, -0.15) is 8.42 Å². The van der Waals surface area contributed by atoms with E-state index in [0.29, 0.717) is 27.9 Å². The van der Waals surface area contributed by atoms with Crippen LogP contribution in [0.1, 0.15) is 81.1 Å². The Kier molecular flexibility index (Phi) is 24.7. The molecule has 3 fully saturated rings. The third-order valence-corrected chi connectivity index (χ3v) is 16.9. The molecule has 0 radical (unpaired) electrons. The SMILES string of the molecule is COCCCCCCCOc1ccc(-c2nnc(-c3ccc(C(=O)NC4CC(O)CNC(=O)C5C(O)C(C)CN5C(=O)C(C(O)CC(N)=O)NC(=O)C(C(O)Cc5ccc(O)c(OS(=O)(=O)O)c5)NC(=O)C5CC(O)CN5C(=O)C(C(C)O)NC4=O)cc3)s2)cc1. The number of aromatic hydroxyl groups is 1. The number of β-amino-alcohol motifs (C(OH)–C–C–N with tert-alkyl or cyclic N) is 1. The van der Waals surface area contributed by atoms with E-state index in [2.05, 4.69) is 41.0 Å². The van der Waals surface area contributed by atoms with E-state index in [-0.39, 0.29) is 11.1 Å². The molecule has 7 rings (SSSR count). The maximum atomic E-state index is 14.7. The monoisotopic (exact) mass is 1310 g/mol. The average molecular weight is 1310 g/mol. The summed E-state index contributed by atoms with van der Waals surface area (Å²) in [5.41, 5.74) is 6.58. The Hall–Kier alpha value is -7.99. The number of amides is 8. The maximum absolute atomic E-state index is 14.7. The first-order chi connectivity index (χ1) is 43.1. The van der Waals surface area contributed by atoms with Gasteiger partial charge in [-0.1, -0.05) is 55.7 Å². The zero-order valence-corrected chi connectivity index (χ0v) is 51.5. The van der Waals surface area contributed by atoms with E-state index in [9.17, 15) is 87.1 Å². The molecule has 1 aromatic heterocycles. The molecule has 3 saturated heterocycles. The summed E-state index contributed by atoms with van der Waals surface area (Å²) in [6.07, 6.45) is -9.00. The van der Waals surface area contributed by atoms with Crippen LogP contribution in [-0.2, 0) is 55.1 Å². The molecule has 0 bridgehead atoms. The molecule has 13 atom stereocenters.